The van der Waals surface area contributed by atoms with E-state index < -0.39 is 0 Å². The zero-order valence-electron chi connectivity index (χ0n) is 11.8. The van der Waals surface area contributed by atoms with E-state index in [-0.39, 0.29) is 5.41 Å². The van der Waals surface area contributed by atoms with Gasteiger partial charge in [0, 0.05) is 5.41 Å². The number of rotatable bonds is 2. The predicted octanol–water partition coefficient (Wildman–Crippen LogP) is 2.82. The SMILES string of the molecule is COc1nc(C23CC4CC(CC(C4)C2)C3)ncc1C#N. The van der Waals surface area contributed by atoms with E-state index in [1.54, 1.807) is 13.3 Å². The molecule has 0 spiro atoms. The van der Waals surface area contributed by atoms with Crippen molar-refractivity contribution >= 4 is 0 Å². The lowest BCUT2D eigenvalue weighted by molar-refractivity contribution is -0.00964. The summed E-state index contributed by atoms with van der Waals surface area (Å²) >= 11 is 0. The minimum Gasteiger partial charge on any atom is -0.480 e. The summed E-state index contributed by atoms with van der Waals surface area (Å²) in [5.41, 5.74) is 0.594. The Kier molecular flexibility index (Phi) is 2.54. The Hall–Kier alpha value is -1.63. The van der Waals surface area contributed by atoms with Gasteiger partial charge in [0.1, 0.15) is 17.5 Å². The van der Waals surface area contributed by atoms with E-state index in [0.717, 1.165) is 23.6 Å². The maximum Gasteiger partial charge on any atom is 0.234 e. The smallest absolute Gasteiger partial charge is 0.234 e. The highest BCUT2D eigenvalue weighted by atomic mass is 16.5. The molecule has 0 unspecified atom stereocenters. The van der Waals surface area contributed by atoms with E-state index in [1.165, 1.54) is 38.5 Å². The number of nitrogens with zero attached hydrogens (tertiary/aromatic N) is 3. The van der Waals surface area contributed by atoms with E-state index in [4.69, 9.17) is 10.00 Å². The molecule has 20 heavy (non-hydrogen) atoms. The molecule has 0 N–H and O–H groups in total. The first-order valence-corrected chi connectivity index (χ1v) is 7.54. The van der Waals surface area contributed by atoms with Gasteiger partial charge in [0.2, 0.25) is 5.88 Å². The molecular weight excluding hydrogens is 250 g/mol. The molecule has 4 fully saturated rings. The van der Waals surface area contributed by atoms with Crippen molar-refractivity contribution in [3.8, 4) is 11.9 Å². The minimum absolute atomic E-state index is 0.163. The molecule has 0 saturated heterocycles. The van der Waals surface area contributed by atoms with Gasteiger partial charge in [-0.3, -0.25) is 0 Å². The molecule has 4 aliphatic rings. The van der Waals surface area contributed by atoms with Crippen LogP contribution in [0.1, 0.15) is 49.9 Å². The molecule has 0 aliphatic heterocycles. The van der Waals surface area contributed by atoms with Crippen LogP contribution in [0.2, 0.25) is 0 Å². The van der Waals surface area contributed by atoms with Crippen LogP contribution in [-0.2, 0) is 5.41 Å². The van der Waals surface area contributed by atoms with E-state index in [1.807, 2.05) is 0 Å². The van der Waals surface area contributed by atoms with E-state index >= 15 is 0 Å². The third-order valence-electron chi connectivity index (χ3n) is 5.58. The summed E-state index contributed by atoms with van der Waals surface area (Å²) in [6.45, 7) is 0. The van der Waals surface area contributed by atoms with Crippen LogP contribution in [0.4, 0.5) is 0 Å². The molecule has 4 heteroatoms. The van der Waals surface area contributed by atoms with Crippen LogP contribution in [0.3, 0.4) is 0 Å². The maximum atomic E-state index is 9.06. The molecule has 104 valence electrons. The summed E-state index contributed by atoms with van der Waals surface area (Å²) in [6.07, 6.45) is 9.56. The summed E-state index contributed by atoms with van der Waals surface area (Å²) in [4.78, 5) is 9.13. The first kappa shape index (κ1) is 12.1. The van der Waals surface area contributed by atoms with Crippen molar-refractivity contribution in [1.29, 1.82) is 5.26 Å². The van der Waals surface area contributed by atoms with Gasteiger partial charge in [-0.2, -0.15) is 10.2 Å². The fourth-order valence-electron chi connectivity index (χ4n) is 5.24. The number of methoxy groups -OCH3 is 1. The summed E-state index contributed by atoms with van der Waals surface area (Å²) in [6, 6.07) is 2.10. The van der Waals surface area contributed by atoms with Gasteiger partial charge >= 0.3 is 0 Å². The third kappa shape index (κ3) is 1.65. The van der Waals surface area contributed by atoms with Crippen molar-refractivity contribution in [2.45, 2.75) is 43.9 Å². The maximum absolute atomic E-state index is 9.06. The Labute approximate surface area is 119 Å². The largest absolute Gasteiger partial charge is 0.480 e. The lowest BCUT2D eigenvalue weighted by atomic mass is 9.49. The van der Waals surface area contributed by atoms with Crippen LogP contribution in [-0.4, -0.2) is 17.1 Å². The van der Waals surface area contributed by atoms with Crippen molar-refractivity contribution < 1.29 is 4.74 Å². The van der Waals surface area contributed by atoms with Crippen LogP contribution < -0.4 is 4.74 Å². The lowest BCUT2D eigenvalue weighted by Crippen LogP contribution is -2.49. The van der Waals surface area contributed by atoms with Gasteiger partial charge in [-0.25, -0.2) is 4.98 Å². The van der Waals surface area contributed by atoms with Crippen molar-refractivity contribution in [3.63, 3.8) is 0 Å². The van der Waals surface area contributed by atoms with E-state index in [2.05, 4.69) is 16.0 Å². The number of nitriles is 1. The van der Waals surface area contributed by atoms with Crippen LogP contribution in [0.15, 0.2) is 6.20 Å². The highest BCUT2D eigenvalue weighted by molar-refractivity contribution is 5.37. The number of aromatic nitrogens is 2. The Balaban J connectivity index is 1.75. The highest BCUT2D eigenvalue weighted by Gasteiger charge is 2.53. The molecular formula is C16H19N3O. The van der Waals surface area contributed by atoms with Gasteiger partial charge in [0.05, 0.1) is 13.3 Å². The van der Waals surface area contributed by atoms with Crippen LogP contribution in [0.25, 0.3) is 0 Å². The van der Waals surface area contributed by atoms with Crippen LogP contribution in [0.5, 0.6) is 5.88 Å². The van der Waals surface area contributed by atoms with Gasteiger partial charge in [-0.05, 0) is 56.3 Å². The van der Waals surface area contributed by atoms with Gasteiger partial charge in [0.25, 0.3) is 0 Å². The van der Waals surface area contributed by atoms with Crippen molar-refractivity contribution in [2.24, 2.45) is 17.8 Å². The summed E-state index contributed by atoms with van der Waals surface area (Å²) in [7, 11) is 1.58. The Morgan fingerprint density at radius 1 is 1.20 bits per heavy atom. The Morgan fingerprint density at radius 2 is 1.80 bits per heavy atom. The molecule has 0 aromatic carbocycles. The van der Waals surface area contributed by atoms with Crippen molar-refractivity contribution in [1.82, 2.24) is 9.97 Å². The second kappa shape index (κ2) is 4.18. The normalized spacial score (nSPS) is 37.7. The summed E-state index contributed by atoms with van der Waals surface area (Å²) in [5.74, 6) is 3.96. The molecule has 0 atom stereocenters. The van der Waals surface area contributed by atoms with Crippen LogP contribution >= 0.6 is 0 Å². The molecule has 4 aliphatic carbocycles. The summed E-state index contributed by atoms with van der Waals surface area (Å²) in [5, 5.41) is 9.06. The van der Waals surface area contributed by atoms with Gasteiger partial charge in [-0.1, -0.05) is 0 Å². The number of hydrogen-bond donors (Lipinski definition) is 0. The topological polar surface area (TPSA) is 58.8 Å². The molecule has 1 aromatic rings. The first-order chi connectivity index (χ1) is 9.72. The molecule has 5 rings (SSSR count). The zero-order valence-corrected chi connectivity index (χ0v) is 11.8. The summed E-state index contributed by atoms with van der Waals surface area (Å²) < 4.78 is 5.27. The fourth-order valence-corrected chi connectivity index (χ4v) is 5.24. The third-order valence-corrected chi connectivity index (χ3v) is 5.58. The minimum atomic E-state index is 0.163. The number of ether oxygens (including phenoxy) is 1. The Morgan fingerprint density at radius 3 is 2.30 bits per heavy atom. The molecule has 0 radical (unpaired) electrons. The molecule has 1 aromatic heterocycles. The predicted molar refractivity (Wildman–Crippen MR) is 73.1 cm³/mol. The van der Waals surface area contributed by atoms with Gasteiger partial charge < -0.3 is 4.74 Å². The molecule has 4 nitrogen and oxygen atoms in total. The van der Waals surface area contributed by atoms with Gasteiger partial charge in [-0.15, -0.1) is 0 Å². The van der Waals surface area contributed by atoms with Crippen molar-refractivity contribution in [3.05, 3.63) is 17.6 Å². The average molecular weight is 269 g/mol. The number of hydrogen-bond acceptors (Lipinski definition) is 4. The molecule has 4 bridgehead atoms. The fraction of sp³-hybridized carbons (Fsp3) is 0.688. The van der Waals surface area contributed by atoms with E-state index in [0.29, 0.717) is 11.4 Å². The zero-order chi connectivity index (χ0) is 13.7. The molecule has 4 saturated carbocycles. The van der Waals surface area contributed by atoms with Crippen molar-refractivity contribution in [2.75, 3.05) is 7.11 Å². The highest BCUT2D eigenvalue weighted by Crippen LogP contribution is 2.60. The Bertz CT molecular complexity index is 555. The molecule has 1 heterocycles. The second-order valence-electron chi connectivity index (χ2n) is 6.93. The second-order valence-corrected chi connectivity index (χ2v) is 6.93. The lowest BCUT2D eigenvalue weighted by Gasteiger charge is -2.55. The average Bonchev–Trinajstić information content (AvgIpc) is 2.45. The standard InChI is InChI=1S/C16H19N3O/c1-20-14-13(8-17)9-18-15(19-14)16-5-10-2-11(6-16)4-12(3-10)7-16/h9-12H,2-7H2,1H3. The quantitative estimate of drug-likeness (QED) is 0.828. The monoisotopic (exact) mass is 269 g/mol. The first-order valence-electron chi connectivity index (χ1n) is 7.54. The van der Waals surface area contributed by atoms with Crippen LogP contribution in [0, 0.1) is 29.1 Å². The molecule has 0 amide bonds. The van der Waals surface area contributed by atoms with E-state index in [9.17, 15) is 0 Å². The van der Waals surface area contributed by atoms with Gasteiger partial charge in [0.15, 0.2) is 0 Å².